The van der Waals surface area contributed by atoms with E-state index in [4.69, 9.17) is 4.52 Å². The Morgan fingerprint density at radius 3 is 2.68 bits per heavy atom. The predicted molar refractivity (Wildman–Crippen MR) is 89.4 cm³/mol. The number of amides is 1. The first-order valence-corrected chi connectivity index (χ1v) is 9.05. The first kappa shape index (κ1) is 16.2. The minimum Gasteiger partial charge on any atom is -0.339 e. The molecule has 6 heteroatoms. The Labute approximate surface area is 146 Å². The van der Waals surface area contributed by atoms with Gasteiger partial charge in [-0.1, -0.05) is 36.6 Å². The van der Waals surface area contributed by atoms with Gasteiger partial charge < -0.3 is 9.42 Å². The van der Waals surface area contributed by atoms with Gasteiger partial charge >= 0.3 is 0 Å². The summed E-state index contributed by atoms with van der Waals surface area (Å²) in [4.78, 5) is 18.9. The number of carbonyl (C=O) groups is 1. The quantitative estimate of drug-likeness (QED) is 0.853. The van der Waals surface area contributed by atoms with Crippen molar-refractivity contribution in [3.8, 4) is 0 Å². The number of benzene rings is 1. The monoisotopic (exact) mass is 343 g/mol. The number of hydrogen-bond acceptors (Lipinski definition) is 4. The zero-order valence-corrected chi connectivity index (χ0v) is 14.2. The van der Waals surface area contributed by atoms with Gasteiger partial charge in [0, 0.05) is 24.9 Å². The molecule has 2 aromatic rings. The lowest BCUT2D eigenvalue weighted by Crippen LogP contribution is -2.37. The van der Waals surface area contributed by atoms with Crippen LogP contribution in [0, 0.1) is 5.82 Å². The molecule has 1 aromatic heterocycles. The lowest BCUT2D eigenvalue weighted by molar-refractivity contribution is -0.130. The first-order valence-electron chi connectivity index (χ1n) is 9.05. The third-order valence-electron chi connectivity index (χ3n) is 5.29. The second-order valence-corrected chi connectivity index (χ2v) is 7.09. The maximum absolute atomic E-state index is 13.0. The lowest BCUT2D eigenvalue weighted by Gasteiger charge is -2.31. The van der Waals surface area contributed by atoms with Crippen LogP contribution in [0.25, 0.3) is 0 Å². The third-order valence-corrected chi connectivity index (χ3v) is 5.29. The summed E-state index contributed by atoms with van der Waals surface area (Å²) < 4.78 is 18.3. The Morgan fingerprint density at radius 1 is 1.16 bits per heavy atom. The summed E-state index contributed by atoms with van der Waals surface area (Å²) in [6, 6.07) is 6.65. The minimum absolute atomic E-state index is 0.0140. The van der Waals surface area contributed by atoms with Crippen molar-refractivity contribution in [1.82, 2.24) is 15.0 Å². The molecule has 1 atom stereocenters. The van der Waals surface area contributed by atoms with Crippen LogP contribution in [0.15, 0.2) is 28.8 Å². The van der Waals surface area contributed by atoms with Gasteiger partial charge in [0.25, 0.3) is 0 Å². The molecule has 2 heterocycles. The van der Waals surface area contributed by atoms with Crippen LogP contribution in [0.2, 0.25) is 0 Å². The molecule has 1 unspecified atom stereocenters. The van der Waals surface area contributed by atoms with E-state index in [9.17, 15) is 9.18 Å². The van der Waals surface area contributed by atoms with Crippen LogP contribution < -0.4 is 0 Å². The fourth-order valence-electron chi connectivity index (χ4n) is 3.93. The average molecular weight is 343 g/mol. The molecule has 132 valence electrons. The normalized spacial score (nSPS) is 21.9. The number of hydrogen-bond donors (Lipinski definition) is 0. The van der Waals surface area contributed by atoms with E-state index in [1.54, 1.807) is 12.1 Å². The van der Waals surface area contributed by atoms with Gasteiger partial charge in [0.15, 0.2) is 5.82 Å². The van der Waals surface area contributed by atoms with Gasteiger partial charge in [0.05, 0.1) is 6.42 Å². The second kappa shape index (κ2) is 6.94. The topological polar surface area (TPSA) is 59.2 Å². The molecule has 1 amide bonds. The fraction of sp³-hybridized carbons (Fsp3) is 0.526. The van der Waals surface area contributed by atoms with Crippen molar-refractivity contribution < 1.29 is 13.7 Å². The molecule has 0 spiro atoms. The van der Waals surface area contributed by atoms with E-state index in [-0.39, 0.29) is 17.6 Å². The van der Waals surface area contributed by atoms with Gasteiger partial charge in [0.2, 0.25) is 11.8 Å². The number of halogens is 1. The highest BCUT2D eigenvalue weighted by Gasteiger charge is 2.37. The van der Waals surface area contributed by atoms with Gasteiger partial charge in [-0.3, -0.25) is 4.79 Å². The molecule has 1 aromatic carbocycles. The number of likely N-dealkylation sites (tertiary alicyclic amines) is 1. The van der Waals surface area contributed by atoms with Gasteiger partial charge in [0.1, 0.15) is 5.82 Å². The summed E-state index contributed by atoms with van der Waals surface area (Å²) >= 11 is 0. The van der Waals surface area contributed by atoms with E-state index in [1.165, 1.54) is 31.4 Å². The Morgan fingerprint density at radius 2 is 1.92 bits per heavy atom. The maximum atomic E-state index is 13.0. The summed E-state index contributed by atoms with van der Waals surface area (Å²) in [7, 11) is 0. The van der Waals surface area contributed by atoms with E-state index < -0.39 is 0 Å². The summed E-state index contributed by atoms with van der Waals surface area (Å²) in [6.45, 7) is 0.693. The Balaban J connectivity index is 1.41. The predicted octanol–water partition coefficient (Wildman–Crippen LogP) is 3.45. The van der Waals surface area contributed by atoms with E-state index >= 15 is 0 Å². The Kier molecular flexibility index (Phi) is 4.51. The molecule has 4 rings (SSSR count). The van der Waals surface area contributed by atoms with Crippen LogP contribution >= 0.6 is 0 Å². The smallest absolute Gasteiger partial charge is 0.231 e. The van der Waals surface area contributed by atoms with E-state index in [0.717, 1.165) is 18.4 Å². The van der Waals surface area contributed by atoms with Crippen molar-refractivity contribution in [3.63, 3.8) is 0 Å². The van der Waals surface area contributed by atoms with Crippen LogP contribution in [0.1, 0.15) is 61.7 Å². The molecule has 1 saturated heterocycles. The van der Waals surface area contributed by atoms with E-state index in [2.05, 4.69) is 10.1 Å². The highest BCUT2D eigenvalue weighted by Crippen LogP contribution is 2.32. The SMILES string of the molecule is O=C1CC(c2noc(Cc3ccc(F)cc3)n2)CN1C1CCCCC1. The highest BCUT2D eigenvalue weighted by atomic mass is 19.1. The second-order valence-electron chi connectivity index (χ2n) is 7.09. The van der Waals surface area contributed by atoms with Crippen molar-refractivity contribution in [1.29, 1.82) is 0 Å². The van der Waals surface area contributed by atoms with Gasteiger partial charge in [-0.25, -0.2) is 4.39 Å². The summed E-state index contributed by atoms with van der Waals surface area (Å²) in [5, 5.41) is 4.09. The Bertz CT molecular complexity index is 737. The maximum Gasteiger partial charge on any atom is 0.231 e. The zero-order valence-electron chi connectivity index (χ0n) is 14.2. The highest BCUT2D eigenvalue weighted by molar-refractivity contribution is 5.79. The van der Waals surface area contributed by atoms with E-state index in [0.29, 0.717) is 37.1 Å². The molecule has 0 radical (unpaired) electrons. The molecule has 25 heavy (non-hydrogen) atoms. The van der Waals surface area contributed by atoms with Crippen molar-refractivity contribution in [2.24, 2.45) is 0 Å². The van der Waals surface area contributed by atoms with Crippen LogP contribution in [-0.4, -0.2) is 33.5 Å². The molecular formula is C19H22FN3O2. The molecular weight excluding hydrogens is 321 g/mol. The largest absolute Gasteiger partial charge is 0.339 e. The molecule has 2 aliphatic rings. The van der Waals surface area contributed by atoms with Crippen molar-refractivity contribution >= 4 is 5.91 Å². The Hall–Kier alpha value is -2.24. The molecule has 0 N–H and O–H groups in total. The van der Waals surface area contributed by atoms with Gasteiger partial charge in [-0.2, -0.15) is 4.98 Å². The number of aromatic nitrogens is 2. The van der Waals surface area contributed by atoms with Crippen molar-refractivity contribution in [2.75, 3.05) is 6.54 Å². The molecule has 0 bridgehead atoms. The number of rotatable bonds is 4. The fourth-order valence-corrected chi connectivity index (χ4v) is 3.93. The average Bonchev–Trinajstić information content (AvgIpc) is 3.24. The van der Waals surface area contributed by atoms with Crippen LogP contribution in [0.3, 0.4) is 0 Å². The molecule has 1 saturated carbocycles. The molecule has 1 aliphatic heterocycles. The molecule has 2 fully saturated rings. The van der Waals surface area contributed by atoms with Crippen molar-refractivity contribution in [2.45, 2.75) is 56.9 Å². The summed E-state index contributed by atoms with van der Waals surface area (Å²) in [6.07, 6.45) is 6.86. The molecule has 5 nitrogen and oxygen atoms in total. The lowest BCUT2D eigenvalue weighted by atomic mass is 9.94. The van der Waals surface area contributed by atoms with Crippen molar-refractivity contribution in [3.05, 3.63) is 47.4 Å². The third kappa shape index (κ3) is 3.57. The number of carbonyl (C=O) groups excluding carboxylic acids is 1. The van der Waals surface area contributed by atoms with Crippen LogP contribution in [0.5, 0.6) is 0 Å². The van der Waals surface area contributed by atoms with Gasteiger partial charge in [-0.15, -0.1) is 0 Å². The van der Waals surface area contributed by atoms with Crippen LogP contribution in [-0.2, 0) is 11.2 Å². The van der Waals surface area contributed by atoms with Gasteiger partial charge in [-0.05, 0) is 30.5 Å². The number of nitrogens with zero attached hydrogens (tertiary/aromatic N) is 3. The van der Waals surface area contributed by atoms with Crippen LogP contribution in [0.4, 0.5) is 4.39 Å². The standard InChI is InChI=1S/C19H22FN3O2/c20-15-8-6-13(7-9-15)10-17-21-19(22-25-17)14-11-18(24)23(12-14)16-4-2-1-3-5-16/h6-9,14,16H,1-5,10-12H2. The first-order chi connectivity index (χ1) is 12.2. The minimum atomic E-state index is -0.262. The summed E-state index contributed by atoms with van der Waals surface area (Å²) in [5.41, 5.74) is 0.919. The van der Waals surface area contributed by atoms with E-state index in [1.807, 2.05) is 4.90 Å². The zero-order chi connectivity index (χ0) is 17.2. The summed E-state index contributed by atoms with van der Waals surface area (Å²) in [5.74, 6) is 1.08. The molecule has 1 aliphatic carbocycles.